The van der Waals surface area contributed by atoms with E-state index in [0.717, 1.165) is 28.4 Å². The van der Waals surface area contributed by atoms with Gasteiger partial charge < -0.3 is 14.2 Å². The van der Waals surface area contributed by atoms with Crippen LogP contribution in [-0.2, 0) is 25.5 Å². The Labute approximate surface area is 149 Å². The molecule has 1 fully saturated rings. The molecule has 2 aliphatic rings. The molecule has 0 atom stereocenters. The van der Waals surface area contributed by atoms with Gasteiger partial charge >= 0.3 is 11.9 Å². The number of hydrogen-bond acceptors (Lipinski definition) is 7. The fourth-order valence-corrected chi connectivity index (χ4v) is 5.34. The van der Waals surface area contributed by atoms with Crippen molar-refractivity contribution in [1.82, 2.24) is 0 Å². The molecule has 5 nitrogen and oxygen atoms in total. The smallest absolute Gasteiger partial charge is 0.350 e. The van der Waals surface area contributed by atoms with Crippen molar-refractivity contribution in [3.05, 3.63) is 27.5 Å². The molecule has 0 aliphatic carbocycles. The highest BCUT2D eigenvalue weighted by Gasteiger charge is 2.43. The van der Waals surface area contributed by atoms with Gasteiger partial charge in [0.05, 0.1) is 16.2 Å². The molecule has 2 heterocycles. The van der Waals surface area contributed by atoms with Gasteiger partial charge in [-0.2, -0.15) is 0 Å². The van der Waals surface area contributed by atoms with E-state index in [2.05, 4.69) is 6.92 Å². The van der Waals surface area contributed by atoms with E-state index in [-0.39, 0.29) is 5.57 Å². The van der Waals surface area contributed by atoms with E-state index in [1.54, 1.807) is 7.11 Å². The minimum absolute atomic E-state index is 0.0370. The topological polar surface area (TPSA) is 61.8 Å². The Morgan fingerprint density at radius 2 is 1.71 bits per heavy atom. The molecule has 0 saturated carbocycles. The van der Waals surface area contributed by atoms with E-state index >= 15 is 0 Å². The highest BCUT2D eigenvalue weighted by atomic mass is 32.2. The van der Waals surface area contributed by atoms with Crippen LogP contribution in [0.5, 0.6) is 5.75 Å². The van der Waals surface area contributed by atoms with Crippen molar-refractivity contribution in [3.63, 3.8) is 0 Å². The summed E-state index contributed by atoms with van der Waals surface area (Å²) < 4.78 is 16.4. The Hall–Kier alpha value is -1.60. The SMILES string of the molecule is CCCc1ccc(OC)c2c1SC(=C1C(=O)OC(C)(C)OC1=O)S2. The Kier molecular flexibility index (Phi) is 4.57. The van der Waals surface area contributed by atoms with Gasteiger partial charge in [0.25, 0.3) is 5.79 Å². The molecule has 24 heavy (non-hydrogen) atoms. The van der Waals surface area contributed by atoms with Gasteiger partial charge in [0.1, 0.15) is 5.75 Å². The Balaban J connectivity index is 2.03. The third-order valence-corrected chi connectivity index (χ3v) is 6.26. The number of rotatable bonds is 3. The molecule has 3 rings (SSSR count). The Bertz CT molecular complexity index is 730. The number of carbonyl (C=O) groups is 2. The van der Waals surface area contributed by atoms with E-state index in [4.69, 9.17) is 14.2 Å². The van der Waals surface area contributed by atoms with Crippen LogP contribution in [0.4, 0.5) is 0 Å². The number of esters is 2. The van der Waals surface area contributed by atoms with Crippen molar-refractivity contribution in [2.45, 2.75) is 49.2 Å². The first kappa shape index (κ1) is 17.2. The first-order chi connectivity index (χ1) is 11.4. The van der Waals surface area contributed by atoms with Crippen LogP contribution in [-0.4, -0.2) is 24.8 Å². The zero-order valence-corrected chi connectivity index (χ0v) is 15.6. The van der Waals surface area contributed by atoms with E-state index in [9.17, 15) is 9.59 Å². The van der Waals surface area contributed by atoms with Crippen LogP contribution in [0.15, 0.2) is 31.7 Å². The second kappa shape index (κ2) is 6.37. The van der Waals surface area contributed by atoms with Crippen molar-refractivity contribution in [2.24, 2.45) is 0 Å². The number of ether oxygens (including phenoxy) is 3. The van der Waals surface area contributed by atoms with E-state index in [1.165, 1.54) is 42.9 Å². The lowest BCUT2D eigenvalue weighted by molar-refractivity contribution is -0.222. The summed E-state index contributed by atoms with van der Waals surface area (Å²) in [7, 11) is 1.61. The zero-order valence-electron chi connectivity index (χ0n) is 13.9. The fraction of sp³-hybridized carbons (Fsp3) is 0.412. The molecule has 0 N–H and O–H groups in total. The van der Waals surface area contributed by atoms with Gasteiger partial charge in [-0.05, 0) is 18.1 Å². The standard InChI is InChI=1S/C17H18O5S2/c1-5-6-9-7-8-10(20-4)13-12(9)23-16(24-13)11-14(18)21-17(2,3)22-15(11)19/h7-8H,5-6H2,1-4H3. The van der Waals surface area contributed by atoms with Gasteiger partial charge in [-0.25, -0.2) is 9.59 Å². The third-order valence-electron chi connectivity index (χ3n) is 3.58. The fourth-order valence-electron chi connectivity index (χ4n) is 2.55. The van der Waals surface area contributed by atoms with Crippen LogP contribution in [0.3, 0.4) is 0 Å². The van der Waals surface area contributed by atoms with Crippen LogP contribution < -0.4 is 4.74 Å². The molecule has 0 unspecified atom stereocenters. The quantitative estimate of drug-likeness (QED) is 0.457. The number of fused-ring (bicyclic) bond motifs is 1. The molecule has 0 aromatic heterocycles. The minimum Gasteiger partial charge on any atom is -0.496 e. The molecule has 1 saturated heterocycles. The summed E-state index contributed by atoms with van der Waals surface area (Å²) in [6.07, 6.45) is 1.93. The van der Waals surface area contributed by atoms with Crippen LogP contribution in [0.1, 0.15) is 32.8 Å². The highest BCUT2D eigenvalue weighted by molar-refractivity contribution is 8.24. The summed E-state index contributed by atoms with van der Waals surface area (Å²) in [4.78, 5) is 26.5. The van der Waals surface area contributed by atoms with Gasteiger partial charge in [-0.15, -0.1) is 0 Å². The summed E-state index contributed by atoms with van der Waals surface area (Å²) in [5.41, 5.74) is 1.14. The summed E-state index contributed by atoms with van der Waals surface area (Å²) in [6, 6.07) is 3.95. The maximum atomic E-state index is 12.3. The van der Waals surface area contributed by atoms with Crippen molar-refractivity contribution in [1.29, 1.82) is 0 Å². The lowest BCUT2D eigenvalue weighted by Gasteiger charge is -2.30. The van der Waals surface area contributed by atoms with Crippen molar-refractivity contribution in [3.8, 4) is 5.75 Å². The normalized spacial score (nSPS) is 19.0. The third kappa shape index (κ3) is 3.02. The highest BCUT2D eigenvalue weighted by Crippen LogP contribution is 2.57. The number of methoxy groups -OCH3 is 1. The lowest BCUT2D eigenvalue weighted by Crippen LogP contribution is -2.42. The second-order valence-electron chi connectivity index (χ2n) is 5.88. The van der Waals surface area contributed by atoms with Gasteiger partial charge in [-0.3, -0.25) is 0 Å². The lowest BCUT2D eigenvalue weighted by atomic mass is 10.1. The van der Waals surface area contributed by atoms with Crippen LogP contribution in [0.2, 0.25) is 0 Å². The second-order valence-corrected chi connectivity index (χ2v) is 8.18. The predicted octanol–water partition coefficient (Wildman–Crippen LogP) is 3.89. The van der Waals surface area contributed by atoms with Crippen LogP contribution in [0, 0.1) is 0 Å². The minimum atomic E-state index is -1.23. The maximum Gasteiger partial charge on any atom is 0.350 e. The predicted molar refractivity (Wildman–Crippen MR) is 92.0 cm³/mol. The Morgan fingerprint density at radius 1 is 1.08 bits per heavy atom. The first-order valence-electron chi connectivity index (χ1n) is 7.62. The summed E-state index contributed by atoms with van der Waals surface area (Å²) in [5.74, 6) is -1.79. The molecule has 128 valence electrons. The molecule has 0 radical (unpaired) electrons. The van der Waals surface area contributed by atoms with E-state index in [0.29, 0.717) is 4.24 Å². The molecular weight excluding hydrogens is 348 g/mol. The zero-order chi connectivity index (χ0) is 17.5. The average Bonchev–Trinajstić information content (AvgIpc) is 2.90. The molecule has 0 spiro atoms. The first-order valence-corrected chi connectivity index (χ1v) is 9.26. The number of cyclic esters (lactones) is 2. The number of aryl methyl sites for hydroxylation is 1. The van der Waals surface area contributed by atoms with E-state index in [1.807, 2.05) is 12.1 Å². The van der Waals surface area contributed by atoms with Gasteiger partial charge in [0.15, 0.2) is 5.57 Å². The van der Waals surface area contributed by atoms with Gasteiger partial charge in [0.2, 0.25) is 0 Å². The van der Waals surface area contributed by atoms with Crippen LogP contribution in [0.25, 0.3) is 0 Å². The number of carbonyl (C=O) groups excluding carboxylic acids is 2. The number of thioether (sulfide) groups is 2. The van der Waals surface area contributed by atoms with Crippen molar-refractivity contribution in [2.75, 3.05) is 7.11 Å². The largest absolute Gasteiger partial charge is 0.496 e. The average molecular weight is 366 g/mol. The number of hydrogen-bond donors (Lipinski definition) is 0. The summed E-state index contributed by atoms with van der Waals surface area (Å²) >= 11 is 2.76. The molecular formula is C17H18O5S2. The van der Waals surface area contributed by atoms with E-state index < -0.39 is 17.7 Å². The molecule has 2 aliphatic heterocycles. The van der Waals surface area contributed by atoms with Crippen molar-refractivity contribution >= 4 is 35.5 Å². The Morgan fingerprint density at radius 3 is 2.29 bits per heavy atom. The molecule has 1 aromatic rings. The van der Waals surface area contributed by atoms with Crippen molar-refractivity contribution < 1.29 is 23.8 Å². The molecule has 0 bridgehead atoms. The summed E-state index contributed by atoms with van der Waals surface area (Å²) in [6.45, 7) is 5.19. The molecule has 7 heteroatoms. The number of benzene rings is 1. The van der Waals surface area contributed by atoms with Gasteiger partial charge in [-0.1, -0.05) is 42.9 Å². The van der Waals surface area contributed by atoms with Gasteiger partial charge in [0, 0.05) is 18.7 Å². The molecule has 1 aromatic carbocycles. The summed E-state index contributed by atoms with van der Waals surface area (Å²) in [5, 5.41) is 0. The maximum absolute atomic E-state index is 12.3. The molecule has 0 amide bonds. The van der Waals surface area contributed by atoms with Crippen LogP contribution >= 0.6 is 23.5 Å². The monoisotopic (exact) mass is 366 g/mol.